The minimum atomic E-state index is -0.398. The maximum Gasteiger partial charge on any atom is 0.150 e. The summed E-state index contributed by atoms with van der Waals surface area (Å²) in [6.45, 7) is 0.438. The highest BCUT2D eigenvalue weighted by molar-refractivity contribution is 5.76. The predicted octanol–water partition coefficient (Wildman–Crippen LogP) is 1.60. The SMILES string of the molecule is O=Cc1ccc(N(CCO)C2CC2)c(F)c1. The fourth-order valence-electron chi connectivity index (χ4n) is 1.82. The fourth-order valence-corrected chi connectivity index (χ4v) is 1.82. The lowest BCUT2D eigenvalue weighted by Gasteiger charge is -2.24. The molecule has 3 nitrogen and oxygen atoms in total. The minimum Gasteiger partial charge on any atom is -0.395 e. The molecule has 1 N–H and O–H groups in total. The van der Waals surface area contributed by atoms with Crippen LogP contribution in [0.4, 0.5) is 10.1 Å². The van der Waals surface area contributed by atoms with Crippen molar-refractivity contribution in [2.24, 2.45) is 0 Å². The number of nitrogens with zero attached hydrogens (tertiary/aromatic N) is 1. The largest absolute Gasteiger partial charge is 0.395 e. The predicted molar refractivity (Wildman–Crippen MR) is 59.2 cm³/mol. The van der Waals surface area contributed by atoms with E-state index < -0.39 is 5.82 Å². The van der Waals surface area contributed by atoms with Gasteiger partial charge in [-0.15, -0.1) is 0 Å². The highest BCUT2D eigenvalue weighted by atomic mass is 19.1. The second-order valence-electron chi connectivity index (χ2n) is 3.98. The average molecular weight is 223 g/mol. The Labute approximate surface area is 93.5 Å². The van der Waals surface area contributed by atoms with Crippen LogP contribution in [0.5, 0.6) is 0 Å². The van der Waals surface area contributed by atoms with Crippen molar-refractivity contribution in [1.29, 1.82) is 0 Å². The zero-order chi connectivity index (χ0) is 11.5. The summed E-state index contributed by atoms with van der Waals surface area (Å²) in [5, 5.41) is 8.95. The molecule has 0 bridgehead atoms. The zero-order valence-electron chi connectivity index (χ0n) is 8.90. The summed E-state index contributed by atoms with van der Waals surface area (Å²) >= 11 is 0. The number of halogens is 1. The molecule has 1 fully saturated rings. The number of aldehydes is 1. The van der Waals surface area contributed by atoms with Crippen LogP contribution in [-0.2, 0) is 0 Å². The van der Waals surface area contributed by atoms with Gasteiger partial charge in [0.25, 0.3) is 0 Å². The van der Waals surface area contributed by atoms with Crippen molar-refractivity contribution in [3.05, 3.63) is 29.6 Å². The Hall–Kier alpha value is -1.42. The standard InChI is InChI=1S/C12H14FNO2/c13-11-7-9(8-16)1-4-12(11)14(5-6-15)10-2-3-10/h1,4,7-8,10,15H,2-3,5-6H2. The molecule has 1 aliphatic carbocycles. The molecule has 0 atom stereocenters. The van der Waals surface area contributed by atoms with Gasteiger partial charge in [0.15, 0.2) is 0 Å². The van der Waals surface area contributed by atoms with Crippen LogP contribution < -0.4 is 4.90 Å². The monoisotopic (exact) mass is 223 g/mol. The van der Waals surface area contributed by atoms with E-state index >= 15 is 0 Å². The summed E-state index contributed by atoms with van der Waals surface area (Å²) in [5.41, 5.74) is 0.808. The number of benzene rings is 1. The lowest BCUT2D eigenvalue weighted by atomic mass is 10.2. The van der Waals surface area contributed by atoms with E-state index in [0.29, 0.717) is 30.1 Å². The number of carbonyl (C=O) groups excluding carboxylic acids is 1. The highest BCUT2D eigenvalue weighted by Gasteiger charge is 2.30. The van der Waals surface area contributed by atoms with Gasteiger partial charge in [-0.25, -0.2) is 4.39 Å². The lowest BCUT2D eigenvalue weighted by Crippen LogP contribution is -2.29. The van der Waals surface area contributed by atoms with Crippen molar-refractivity contribution >= 4 is 12.0 Å². The van der Waals surface area contributed by atoms with Gasteiger partial charge in [0, 0.05) is 18.2 Å². The number of hydrogen-bond acceptors (Lipinski definition) is 3. The molecular weight excluding hydrogens is 209 g/mol. The molecule has 2 rings (SSSR count). The Morgan fingerprint density at radius 1 is 1.50 bits per heavy atom. The summed E-state index contributed by atoms with van der Waals surface area (Å²) in [6, 6.07) is 4.77. The third kappa shape index (κ3) is 2.22. The minimum absolute atomic E-state index is 0.00533. The number of aliphatic hydroxyl groups excluding tert-OH is 1. The Kier molecular flexibility index (Phi) is 3.19. The topological polar surface area (TPSA) is 40.5 Å². The molecule has 0 spiro atoms. The van der Waals surface area contributed by atoms with Crippen molar-refractivity contribution in [2.45, 2.75) is 18.9 Å². The zero-order valence-corrected chi connectivity index (χ0v) is 8.90. The second-order valence-corrected chi connectivity index (χ2v) is 3.98. The molecule has 0 saturated heterocycles. The van der Waals surface area contributed by atoms with Crippen molar-refractivity contribution < 1.29 is 14.3 Å². The maximum atomic E-state index is 13.7. The van der Waals surface area contributed by atoms with Gasteiger partial charge in [0.05, 0.1) is 12.3 Å². The number of anilines is 1. The number of hydrogen-bond donors (Lipinski definition) is 1. The van der Waals surface area contributed by atoms with Crippen molar-refractivity contribution in [2.75, 3.05) is 18.1 Å². The van der Waals surface area contributed by atoms with Crippen molar-refractivity contribution in [3.8, 4) is 0 Å². The van der Waals surface area contributed by atoms with Crippen LogP contribution in [-0.4, -0.2) is 30.6 Å². The quantitative estimate of drug-likeness (QED) is 0.771. The maximum absolute atomic E-state index is 13.7. The molecule has 4 heteroatoms. The van der Waals surface area contributed by atoms with Crippen LogP contribution in [0.3, 0.4) is 0 Å². The first-order valence-corrected chi connectivity index (χ1v) is 5.38. The van der Waals surface area contributed by atoms with E-state index in [1.165, 1.54) is 6.07 Å². The van der Waals surface area contributed by atoms with Crippen molar-refractivity contribution in [3.63, 3.8) is 0 Å². The summed E-state index contributed by atoms with van der Waals surface area (Å²) in [5.74, 6) is -0.398. The first-order chi connectivity index (χ1) is 7.76. The van der Waals surface area contributed by atoms with Crippen molar-refractivity contribution in [1.82, 2.24) is 0 Å². The van der Waals surface area contributed by atoms with E-state index in [2.05, 4.69) is 0 Å². The van der Waals surface area contributed by atoms with E-state index in [1.54, 1.807) is 12.1 Å². The first-order valence-electron chi connectivity index (χ1n) is 5.38. The normalized spacial score (nSPS) is 14.9. The molecule has 0 unspecified atom stereocenters. The molecule has 0 aromatic heterocycles. The van der Waals surface area contributed by atoms with Crippen LogP contribution >= 0.6 is 0 Å². The third-order valence-corrected chi connectivity index (χ3v) is 2.75. The van der Waals surface area contributed by atoms with Crippen LogP contribution in [0.15, 0.2) is 18.2 Å². The van der Waals surface area contributed by atoms with Gasteiger partial charge in [-0.05, 0) is 31.0 Å². The molecule has 1 aromatic rings. The molecule has 0 amide bonds. The smallest absolute Gasteiger partial charge is 0.150 e. The number of rotatable bonds is 5. The summed E-state index contributed by atoms with van der Waals surface area (Å²) in [6.07, 6.45) is 2.70. The third-order valence-electron chi connectivity index (χ3n) is 2.75. The van der Waals surface area contributed by atoms with E-state index in [1.807, 2.05) is 4.90 Å². The van der Waals surface area contributed by atoms with Gasteiger partial charge in [-0.1, -0.05) is 0 Å². The molecular formula is C12H14FNO2. The van der Waals surface area contributed by atoms with Gasteiger partial charge < -0.3 is 10.0 Å². The highest BCUT2D eigenvalue weighted by Crippen LogP contribution is 2.32. The Bertz CT molecular complexity index is 391. The number of carbonyl (C=O) groups is 1. The summed E-state index contributed by atoms with van der Waals surface area (Å²) in [4.78, 5) is 12.4. The number of aliphatic hydroxyl groups is 1. The van der Waals surface area contributed by atoms with E-state index in [4.69, 9.17) is 5.11 Å². The van der Waals surface area contributed by atoms with Gasteiger partial charge in [0.1, 0.15) is 12.1 Å². The molecule has 16 heavy (non-hydrogen) atoms. The van der Waals surface area contributed by atoms with Crippen LogP contribution in [0, 0.1) is 5.82 Å². The van der Waals surface area contributed by atoms with Crippen LogP contribution in [0.25, 0.3) is 0 Å². The molecule has 1 saturated carbocycles. The van der Waals surface area contributed by atoms with E-state index in [-0.39, 0.29) is 6.61 Å². The van der Waals surface area contributed by atoms with E-state index in [9.17, 15) is 9.18 Å². The molecule has 0 heterocycles. The average Bonchev–Trinajstić information content (AvgIpc) is 3.10. The molecule has 0 aliphatic heterocycles. The molecule has 1 aliphatic rings. The van der Waals surface area contributed by atoms with Crippen LogP contribution in [0.2, 0.25) is 0 Å². The molecule has 0 radical (unpaired) electrons. The van der Waals surface area contributed by atoms with Gasteiger partial charge in [-0.3, -0.25) is 4.79 Å². The van der Waals surface area contributed by atoms with E-state index in [0.717, 1.165) is 12.8 Å². The Balaban J connectivity index is 2.26. The fraction of sp³-hybridized carbons (Fsp3) is 0.417. The summed E-state index contributed by atoms with van der Waals surface area (Å²) < 4.78 is 13.7. The Morgan fingerprint density at radius 3 is 2.75 bits per heavy atom. The van der Waals surface area contributed by atoms with Crippen LogP contribution in [0.1, 0.15) is 23.2 Å². The molecule has 1 aromatic carbocycles. The van der Waals surface area contributed by atoms with Gasteiger partial charge in [-0.2, -0.15) is 0 Å². The Morgan fingerprint density at radius 2 is 2.25 bits per heavy atom. The molecule has 86 valence electrons. The second kappa shape index (κ2) is 4.61. The van der Waals surface area contributed by atoms with Gasteiger partial charge in [0.2, 0.25) is 0 Å². The summed E-state index contributed by atoms with van der Waals surface area (Å²) in [7, 11) is 0. The first kappa shape index (κ1) is 11.1. The lowest BCUT2D eigenvalue weighted by molar-refractivity contribution is 0.112. The van der Waals surface area contributed by atoms with Gasteiger partial charge >= 0.3 is 0 Å².